The predicted molar refractivity (Wildman–Crippen MR) is 65.2 cm³/mol. The third kappa shape index (κ3) is 3.71. The maximum atomic E-state index is 12.2. The molecule has 96 valence electrons. The summed E-state index contributed by atoms with van der Waals surface area (Å²) in [5.41, 5.74) is -0.807. The summed E-state index contributed by atoms with van der Waals surface area (Å²) >= 11 is 0. The number of hydrogen-bond acceptors (Lipinski definition) is 3. The molecule has 4 heteroatoms. The highest BCUT2D eigenvalue weighted by Gasteiger charge is 2.39. The van der Waals surface area contributed by atoms with E-state index in [9.17, 15) is 10.1 Å². The minimum absolute atomic E-state index is 0.0408. The molecule has 1 unspecified atom stereocenters. The second-order valence-electron chi connectivity index (χ2n) is 4.94. The molecule has 1 saturated carbocycles. The molecule has 0 aromatic rings. The third-order valence-corrected chi connectivity index (χ3v) is 3.40. The first-order valence-corrected chi connectivity index (χ1v) is 6.36. The lowest BCUT2D eigenvalue weighted by molar-refractivity contribution is -0.129. The van der Waals surface area contributed by atoms with Crippen LogP contribution < -0.4 is 5.32 Å². The lowest BCUT2D eigenvalue weighted by Crippen LogP contribution is -2.45. The van der Waals surface area contributed by atoms with E-state index in [1.54, 1.807) is 7.11 Å². The van der Waals surface area contributed by atoms with Gasteiger partial charge in [0.1, 0.15) is 5.41 Å². The van der Waals surface area contributed by atoms with Gasteiger partial charge in [0.2, 0.25) is 5.91 Å². The molecule has 1 atom stereocenters. The summed E-state index contributed by atoms with van der Waals surface area (Å²) in [5, 5.41) is 12.2. The molecule has 0 aromatic heterocycles. The van der Waals surface area contributed by atoms with Crippen LogP contribution in [0.25, 0.3) is 0 Å². The molecule has 0 heterocycles. The molecule has 1 fully saturated rings. The highest BCUT2D eigenvalue weighted by molar-refractivity contribution is 5.85. The molecular weight excluding hydrogens is 216 g/mol. The van der Waals surface area contributed by atoms with Crippen molar-refractivity contribution in [2.45, 2.75) is 51.5 Å². The molecule has 0 bridgehead atoms. The molecule has 0 spiro atoms. The van der Waals surface area contributed by atoms with Crippen molar-refractivity contribution in [2.75, 3.05) is 13.7 Å². The van der Waals surface area contributed by atoms with E-state index in [0.717, 1.165) is 25.7 Å². The van der Waals surface area contributed by atoms with Crippen LogP contribution in [0.15, 0.2) is 0 Å². The van der Waals surface area contributed by atoms with Crippen LogP contribution in [0.2, 0.25) is 0 Å². The van der Waals surface area contributed by atoms with Crippen LogP contribution in [0, 0.1) is 16.7 Å². The van der Waals surface area contributed by atoms with Crippen LogP contribution in [-0.2, 0) is 9.53 Å². The zero-order valence-corrected chi connectivity index (χ0v) is 10.8. The van der Waals surface area contributed by atoms with Crippen molar-refractivity contribution in [3.63, 3.8) is 0 Å². The molecule has 1 rings (SSSR count). The van der Waals surface area contributed by atoms with E-state index in [4.69, 9.17) is 4.74 Å². The summed E-state index contributed by atoms with van der Waals surface area (Å²) in [7, 11) is 1.61. The quantitative estimate of drug-likeness (QED) is 0.762. The Balaban J connectivity index is 2.65. The van der Waals surface area contributed by atoms with Crippen molar-refractivity contribution in [3.8, 4) is 6.07 Å². The first kappa shape index (κ1) is 14.0. The largest absolute Gasteiger partial charge is 0.383 e. The van der Waals surface area contributed by atoms with Crippen molar-refractivity contribution in [3.05, 3.63) is 0 Å². The van der Waals surface area contributed by atoms with Crippen molar-refractivity contribution >= 4 is 5.91 Å². The van der Waals surface area contributed by atoms with E-state index in [2.05, 4.69) is 11.4 Å². The fourth-order valence-corrected chi connectivity index (χ4v) is 2.38. The molecule has 17 heavy (non-hydrogen) atoms. The number of methoxy groups -OCH3 is 1. The van der Waals surface area contributed by atoms with Gasteiger partial charge in [0.15, 0.2) is 0 Å². The maximum Gasteiger partial charge on any atom is 0.240 e. The Morgan fingerprint density at radius 3 is 2.47 bits per heavy atom. The summed E-state index contributed by atoms with van der Waals surface area (Å²) < 4.78 is 4.99. The van der Waals surface area contributed by atoms with Crippen LogP contribution in [0.3, 0.4) is 0 Å². The second-order valence-corrected chi connectivity index (χ2v) is 4.94. The number of carbonyl (C=O) groups excluding carboxylic acids is 1. The molecule has 1 aliphatic carbocycles. The zero-order chi connectivity index (χ0) is 12.7. The fraction of sp³-hybridized carbons (Fsp3) is 0.846. The lowest BCUT2D eigenvalue weighted by atomic mass is 9.81. The van der Waals surface area contributed by atoms with Gasteiger partial charge in [-0.05, 0) is 19.8 Å². The Kier molecular flexibility index (Phi) is 5.43. The Hall–Kier alpha value is -1.08. The number of amides is 1. The van der Waals surface area contributed by atoms with Crippen LogP contribution >= 0.6 is 0 Å². The minimum atomic E-state index is -0.807. The Labute approximate surface area is 103 Å². The van der Waals surface area contributed by atoms with Crippen molar-refractivity contribution in [1.29, 1.82) is 5.26 Å². The van der Waals surface area contributed by atoms with Crippen molar-refractivity contribution in [2.24, 2.45) is 5.41 Å². The van der Waals surface area contributed by atoms with Crippen LogP contribution in [0.5, 0.6) is 0 Å². The van der Waals surface area contributed by atoms with Crippen molar-refractivity contribution < 1.29 is 9.53 Å². The first-order chi connectivity index (χ1) is 8.14. The summed E-state index contributed by atoms with van der Waals surface area (Å²) in [6, 6.07) is 2.21. The summed E-state index contributed by atoms with van der Waals surface area (Å²) in [6.07, 6.45) is 5.58. The summed E-state index contributed by atoms with van der Waals surface area (Å²) in [6.45, 7) is 2.37. The highest BCUT2D eigenvalue weighted by Crippen LogP contribution is 2.34. The maximum absolute atomic E-state index is 12.2. The highest BCUT2D eigenvalue weighted by atomic mass is 16.5. The molecule has 0 saturated heterocycles. The van der Waals surface area contributed by atoms with Gasteiger partial charge in [-0.15, -0.1) is 0 Å². The SMILES string of the molecule is COCC(C)NC(=O)C1(C#N)CCCCCC1. The van der Waals surface area contributed by atoms with Gasteiger partial charge in [-0.3, -0.25) is 4.79 Å². The van der Waals surface area contributed by atoms with Gasteiger partial charge in [-0.1, -0.05) is 25.7 Å². The van der Waals surface area contributed by atoms with E-state index in [-0.39, 0.29) is 11.9 Å². The van der Waals surface area contributed by atoms with Gasteiger partial charge in [-0.2, -0.15) is 5.26 Å². The smallest absolute Gasteiger partial charge is 0.240 e. The molecular formula is C13H22N2O2. The van der Waals surface area contributed by atoms with E-state index in [1.165, 1.54) is 0 Å². The van der Waals surface area contributed by atoms with E-state index in [1.807, 2.05) is 6.92 Å². The van der Waals surface area contributed by atoms with Gasteiger partial charge in [0.05, 0.1) is 12.7 Å². The molecule has 1 amide bonds. The standard InChI is InChI=1S/C13H22N2O2/c1-11(9-17-2)15-12(16)13(10-14)7-5-3-4-6-8-13/h11H,3-9H2,1-2H3,(H,15,16). The van der Waals surface area contributed by atoms with E-state index >= 15 is 0 Å². The average molecular weight is 238 g/mol. The van der Waals surface area contributed by atoms with Gasteiger partial charge in [0, 0.05) is 13.2 Å². The van der Waals surface area contributed by atoms with Crippen molar-refractivity contribution in [1.82, 2.24) is 5.32 Å². The normalized spacial score (nSPS) is 21.0. The predicted octanol–water partition coefficient (Wildman–Crippen LogP) is 2.00. The summed E-state index contributed by atoms with van der Waals surface area (Å²) in [4.78, 5) is 12.2. The van der Waals surface area contributed by atoms with Crippen LogP contribution in [0.4, 0.5) is 0 Å². The van der Waals surface area contributed by atoms with Gasteiger partial charge in [0.25, 0.3) is 0 Å². The summed E-state index contributed by atoms with van der Waals surface area (Å²) in [5.74, 6) is -0.119. The topological polar surface area (TPSA) is 62.1 Å². The minimum Gasteiger partial charge on any atom is -0.383 e. The Morgan fingerprint density at radius 1 is 1.41 bits per heavy atom. The van der Waals surface area contributed by atoms with Crippen LogP contribution in [0.1, 0.15) is 45.4 Å². The number of nitrogens with one attached hydrogen (secondary N) is 1. The number of carbonyl (C=O) groups is 1. The molecule has 1 N–H and O–H groups in total. The molecule has 0 aliphatic heterocycles. The number of nitriles is 1. The number of ether oxygens (including phenoxy) is 1. The first-order valence-electron chi connectivity index (χ1n) is 6.36. The van der Waals surface area contributed by atoms with Gasteiger partial charge >= 0.3 is 0 Å². The second kappa shape index (κ2) is 6.61. The zero-order valence-electron chi connectivity index (χ0n) is 10.8. The molecule has 0 aromatic carbocycles. The molecule has 0 radical (unpaired) electrons. The number of rotatable bonds is 4. The molecule has 4 nitrogen and oxygen atoms in total. The third-order valence-electron chi connectivity index (χ3n) is 3.40. The van der Waals surface area contributed by atoms with E-state index < -0.39 is 5.41 Å². The Bertz CT molecular complexity index is 288. The van der Waals surface area contributed by atoms with Gasteiger partial charge < -0.3 is 10.1 Å². The monoisotopic (exact) mass is 238 g/mol. The molecule has 1 aliphatic rings. The van der Waals surface area contributed by atoms with Gasteiger partial charge in [-0.25, -0.2) is 0 Å². The Morgan fingerprint density at radius 2 is 2.00 bits per heavy atom. The average Bonchev–Trinajstić information content (AvgIpc) is 2.55. The number of hydrogen-bond donors (Lipinski definition) is 1. The fourth-order valence-electron chi connectivity index (χ4n) is 2.38. The van der Waals surface area contributed by atoms with E-state index in [0.29, 0.717) is 19.4 Å². The number of nitrogens with zero attached hydrogens (tertiary/aromatic N) is 1. The lowest BCUT2D eigenvalue weighted by Gasteiger charge is -2.25. The van der Waals surface area contributed by atoms with Crippen LogP contribution in [-0.4, -0.2) is 25.7 Å².